The summed E-state index contributed by atoms with van der Waals surface area (Å²) >= 11 is 0. The summed E-state index contributed by atoms with van der Waals surface area (Å²) in [5.74, 6) is -0.164. The van der Waals surface area contributed by atoms with Crippen LogP contribution in [0.4, 0.5) is 16.2 Å². The molecule has 0 aromatic heterocycles. The molecule has 43 heavy (non-hydrogen) atoms. The number of rotatable bonds is 7. The highest BCUT2D eigenvalue weighted by Crippen LogP contribution is 2.30. The van der Waals surface area contributed by atoms with Gasteiger partial charge in [0, 0.05) is 25.7 Å². The summed E-state index contributed by atoms with van der Waals surface area (Å²) in [6.07, 6.45) is -0.834. The fourth-order valence-electron chi connectivity index (χ4n) is 5.78. The molecule has 4 aromatic rings. The minimum atomic E-state index is -0.437. The van der Waals surface area contributed by atoms with E-state index in [4.69, 9.17) is 4.74 Å². The van der Waals surface area contributed by atoms with Gasteiger partial charge in [-0.1, -0.05) is 84.9 Å². The number of cyclic esters (lactones) is 1. The van der Waals surface area contributed by atoms with Crippen LogP contribution in [0.25, 0.3) is 11.1 Å². The number of amides is 2. The molecule has 0 saturated carbocycles. The Hall–Kier alpha value is -4.95. The van der Waals surface area contributed by atoms with Gasteiger partial charge in [-0.05, 0) is 46.5 Å². The monoisotopic (exact) mass is 574 g/mol. The van der Waals surface area contributed by atoms with E-state index in [2.05, 4.69) is 39.8 Å². The van der Waals surface area contributed by atoms with Crippen molar-refractivity contribution in [3.05, 3.63) is 131 Å². The Morgan fingerprint density at radius 1 is 0.767 bits per heavy atom. The highest BCUT2D eigenvalue weighted by molar-refractivity contribution is 5.90. The fourth-order valence-corrected chi connectivity index (χ4v) is 5.78. The summed E-state index contributed by atoms with van der Waals surface area (Å²) in [7, 11) is 0. The van der Waals surface area contributed by atoms with Crippen LogP contribution >= 0.6 is 0 Å². The summed E-state index contributed by atoms with van der Waals surface area (Å²) in [5, 5.41) is 6.49. The average molecular weight is 575 g/mol. The summed E-state index contributed by atoms with van der Waals surface area (Å²) in [6, 6.07) is 35.8. The molecule has 0 aliphatic carbocycles. The van der Waals surface area contributed by atoms with Crippen LogP contribution in [0.3, 0.4) is 0 Å². The van der Waals surface area contributed by atoms with Crippen molar-refractivity contribution in [2.45, 2.75) is 25.1 Å². The molecule has 218 valence electrons. The minimum Gasteiger partial charge on any atom is -0.442 e. The first-order chi connectivity index (χ1) is 20.9. The van der Waals surface area contributed by atoms with E-state index in [0.29, 0.717) is 31.0 Å². The van der Waals surface area contributed by atoms with Crippen molar-refractivity contribution in [2.24, 2.45) is 0 Å². The van der Waals surface area contributed by atoms with Crippen molar-refractivity contribution in [3.63, 3.8) is 0 Å². The third-order valence-corrected chi connectivity index (χ3v) is 8.01. The van der Waals surface area contributed by atoms with Gasteiger partial charge in [-0.2, -0.15) is 0 Å². The van der Waals surface area contributed by atoms with Crippen molar-refractivity contribution in [3.8, 4) is 11.1 Å². The van der Waals surface area contributed by atoms with Crippen LogP contribution in [0.1, 0.15) is 30.1 Å². The number of carbonyl (C=O) groups excluding carboxylic acids is 2. The van der Waals surface area contributed by atoms with Crippen LogP contribution in [-0.2, 0) is 9.53 Å². The molecule has 8 heteroatoms. The van der Waals surface area contributed by atoms with Gasteiger partial charge in [-0.25, -0.2) is 4.79 Å². The molecule has 0 spiro atoms. The maximum absolute atomic E-state index is 13.4. The molecule has 2 fully saturated rings. The van der Waals surface area contributed by atoms with E-state index in [1.807, 2.05) is 78.9 Å². The second kappa shape index (κ2) is 12.5. The van der Waals surface area contributed by atoms with Crippen LogP contribution in [-0.4, -0.2) is 44.3 Å². The van der Waals surface area contributed by atoms with Gasteiger partial charge in [0.15, 0.2) is 0 Å². The number of anilines is 2. The first-order valence-corrected chi connectivity index (χ1v) is 14.5. The number of nitrogens with one attached hydrogen (secondary N) is 2. The molecule has 0 bridgehead atoms. The highest BCUT2D eigenvalue weighted by Gasteiger charge is 2.32. The largest absolute Gasteiger partial charge is 0.442 e. The molecule has 3 atom stereocenters. The molecule has 1 unspecified atom stereocenters. The summed E-state index contributed by atoms with van der Waals surface area (Å²) in [5.41, 5.74) is 5.54. The molecule has 0 radical (unpaired) electrons. The van der Waals surface area contributed by atoms with Crippen molar-refractivity contribution in [2.75, 3.05) is 36.0 Å². The lowest BCUT2D eigenvalue weighted by Gasteiger charge is -2.40. The molecular weight excluding hydrogens is 540 g/mol. The van der Waals surface area contributed by atoms with Gasteiger partial charge in [0.05, 0.1) is 30.9 Å². The molecule has 2 heterocycles. The highest BCUT2D eigenvalue weighted by atomic mass is 16.6. The predicted molar refractivity (Wildman–Crippen MR) is 168 cm³/mol. The average Bonchev–Trinajstić information content (AvgIpc) is 3.31. The Morgan fingerprint density at radius 2 is 1.33 bits per heavy atom. The van der Waals surface area contributed by atoms with Crippen LogP contribution in [0.5, 0.6) is 0 Å². The molecular formula is C35H34N4O4. The van der Waals surface area contributed by atoms with Crippen LogP contribution in [0, 0.1) is 0 Å². The van der Waals surface area contributed by atoms with Gasteiger partial charge < -0.3 is 15.0 Å². The van der Waals surface area contributed by atoms with Gasteiger partial charge in [0.1, 0.15) is 6.10 Å². The molecule has 8 nitrogen and oxygen atoms in total. The van der Waals surface area contributed by atoms with E-state index in [1.54, 1.807) is 11.0 Å². The topological polar surface area (TPSA) is 91.0 Å². The molecule has 2 amide bonds. The van der Waals surface area contributed by atoms with Crippen molar-refractivity contribution in [1.82, 2.24) is 10.6 Å². The molecule has 4 aromatic carbocycles. The normalized spacial score (nSPS) is 20.0. The maximum atomic E-state index is 13.4. The number of carbonyl (C=O) groups is 2. The second-order valence-electron chi connectivity index (χ2n) is 11.0. The number of hydrogen-bond donors (Lipinski definition) is 2. The van der Waals surface area contributed by atoms with Crippen LogP contribution in [0.2, 0.25) is 0 Å². The zero-order valence-electron chi connectivity index (χ0n) is 24.0. The third-order valence-electron chi connectivity index (χ3n) is 8.01. The van der Waals surface area contributed by atoms with Gasteiger partial charge in [0.2, 0.25) is 11.3 Å². The van der Waals surface area contributed by atoms with Crippen molar-refractivity contribution < 1.29 is 14.3 Å². The van der Waals surface area contributed by atoms with Gasteiger partial charge in [0.25, 0.3) is 0 Å². The Bertz CT molecular complexity index is 1600. The number of benzene rings is 3. The Kier molecular flexibility index (Phi) is 8.20. The van der Waals surface area contributed by atoms with E-state index in [-0.39, 0.29) is 30.0 Å². The molecule has 2 saturated heterocycles. The maximum Gasteiger partial charge on any atom is 0.414 e. The lowest BCUT2D eigenvalue weighted by Crippen LogP contribution is -2.49. The lowest BCUT2D eigenvalue weighted by molar-refractivity contribution is -0.119. The summed E-state index contributed by atoms with van der Waals surface area (Å²) < 4.78 is 5.39. The Morgan fingerprint density at radius 3 is 1.91 bits per heavy atom. The molecule has 2 aliphatic rings. The minimum absolute atomic E-state index is 0.0339. The number of nitrogens with zero attached hydrogens (tertiary/aromatic N) is 2. The van der Waals surface area contributed by atoms with Crippen LogP contribution < -0.4 is 25.9 Å². The number of hydrogen-bond acceptors (Lipinski definition) is 6. The van der Waals surface area contributed by atoms with Crippen molar-refractivity contribution in [1.29, 1.82) is 0 Å². The van der Waals surface area contributed by atoms with Gasteiger partial charge in [-0.3, -0.25) is 19.8 Å². The van der Waals surface area contributed by atoms with E-state index in [0.717, 1.165) is 11.1 Å². The number of ether oxygens (including phenoxy) is 1. The first kappa shape index (κ1) is 28.2. The van der Waals surface area contributed by atoms with Gasteiger partial charge >= 0.3 is 6.09 Å². The van der Waals surface area contributed by atoms with E-state index < -0.39 is 12.2 Å². The van der Waals surface area contributed by atoms with E-state index in [1.165, 1.54) is 18.1 Å². The third kappa shape index (κ3) is 6.44. The molecule has 6 rings (SSSR count). The Balaban J connectivity index is 1.23. The molecule has 2 aliphatic heterocycles. The van der Waals surface area contributed by atoms with E-state index >= 15 is 0 Å². The summed E-state index contributed by atoms with van der Waals surface area (Å²) in [4.78, 5) is 40.8. The smallest absolute Gasteiger partial charge is 0.414 e. The number of piperazine rings is 1. The van der Waals surface area contributed by atoms with Crippen molar-refractivity contribution >= 4 is 23.4 Å². The SMILES string of the molecule is CC(=O)NCC1CN(c2ccc(-c3ccc(N4C[C@@H](c5ccccc5)N[C@@H](c5ccccc5)C4)c(=O)cc3)cc2)C(=O)O1. The first-order valence-electron chi connectivity index (χ1n) is 14.5. The quantitative estimate of drug-likeness (QED) is 0.321. The van der Waals surface area contributed by atoms with Gasteiger partial charge in [-0.15, -0.1) is 0 Å². The predicted octanol–water partition coefficient (Wildman–Crippen LogP) is 5.07. The zero-order valence-corrected chi connectivity index (χ0v) is 24.0. The van der Waals surface area contributed by atoms with E-state index in [9.17, 15) is 14.4 Å². The fraction of sp³-hybridized carbons (Fsp3) is 0.229. The second-order valence-corrected chi connectivity index (χ2v) is 11.0. The Labute approximate surface area is 250 Å². The molecule has 2 N–H and O–H groups in total. The lowest BCUT2D eigenvalue weighted by atomic mass is 9.97. The zero-order chi connectivity index (χ0) is 29.8. The van der Waals surface area contributed by atoms with Crippen LogP contribution in [0.15, 0.2) is 114 Å². The standard InChI is InChI=1S/C35H34N4O4/c1-24(40)36-20-30-21-39(35(42)43-30)29-16-12-25(13-17-29)26-14-18-33(34(41)19-15-26)38-22-31(27-8-4-2-5-9-27)37-32(23-38)28-10-6-3-7-11-28/h2-19,30-32,37H,20-23H2,1H3,(H,36,40)/t30?,31-,32+. The summed E-state index contributed by atoms with van der Waals surface area (Å²) in [6.45, 7) is 3.42.